The molecule has 0 bridgehead atoms. The van der Waals surface area contributed by atoms with Gasteiger partial charge in [0.1, 0.15) is 5.58 Å². The molecular formula is C72H84BN3O. The lowest BCUT2D eigenvalue weighted by molar-refractivity contribution is 0.332. The maximum atomic E-state index is 7.78. The van der Waals surface area contributed by atoms with Crippen LogP contribution in [0.4, 0.5) is 45.5 Å². The van der Waals surface area contributed by atoms with Crippen molar-refractivity contribution in [2.75, 3.05) is 14.7 Å². The van der Waals surface area contributed by atoms with Crippen LogP contribution in [0.5, 0.6) is 0 Å². The Balaban J connectivity index is 1.27. The number of fused-ring (bicyclic) bond motifs is 8. The molecule has 2 aliphatic heterocycles. The number of nitrogens with zero attached hydrogens (tertiary/aromatic N) is 3. The molecule has 0 radical (unpaired) electrons. The minimum Gasteiger partial charge on any atom is -0.468 e. The van der Waals surface area contributed by atoms with Crippen LogP contribution < -0.4 is 31.3 Å². The van der Waals surface area contributed by atoms with E-state index in [9.17, 15) is 0 Å². The van der Waals surface area contributed by atoms with Crippen LogP contribution in [0.25, 0.3) is 11.0 Å². The van der Waals surface area contributed by atoms with Crippen LogP contribution >= 0.6 is 0 Å². The van der Waals surface area contributed by atoms with E-state index in [1.165, 1.54) is 101 Å². The monoisotopic (exact) mass is 1020 g/mol. The van der Waals surface area contributed by atoms with Gasteiger partial charge in [-0.05, 0) is 199 Å². The first-order valence-electron chi connectivity index (χ1n) is 29.1. The molecule has 0 unspecified atom stereocenters. The molecule has 7 aromatic rings. The Hall–Kier alpha value is -6.20. The van der Waals surface area contributed by atoms with Crippen LogP contribution in [0.3, 0.4) is 0 Å². The van der Waals surface area contributed by atoms with E-state index in [1.807, 2.05) is 0 Å². The summed E-state index contributed by atoms with van der Waals surface area (Å²) in [5, 5.41) is 1.19. The van der Waals surface area contributed by atoms with Crippen molar-refractivity contribution in [1.29, 1.82) is 0 Å². The zero-order chi connectivity index (χ0) is 54.7. The average molecular weight is 1020 g/mol. The Morgan fingerprint density at radius 2 is 1.06 bits per heavy atom. The Morgan fingerprint density at radius 3 is 1.65 bits per heavy atom. The number of anilines is 8. The third kappa shape index (κ3) is 8.37. The molecule has 0 atom stereocenters. The number of hydrogen-bond donors (Lipinski definition) is 0. The van der Waals surface area contributed by atoms with Crippen molar-refractivity contribution in [1.82, 2.24) is 0 Å². The predicted molar refractivity (Wildman–Crippen MR) is 332 cm³/mol. The van der Waals surface area contributed by atoms with Gasteiger partial charge in [-0.2, -0.15) is 0 Å². The summed E-state index contributed by atoms with van der Waals surface area (Å²) >= 11 is 0. The van der Waals surface area contributed by atoms with Crippen LogP contribution in [-0.2, 0) is 37.9 Å². The summed E-state index contributed by atoms with van der Waals surface area (Å²) < 4.78 is 7.78. The maximum Gasteiger partial charge on any atom is 0.297 e. The minimum absolute atomic E-state index is 0.00364. The van der Waals surface area contributed by atoms with Crippen molar-refractivity contribution in [3.05, 3.63) is 172 Å². The second-order valence-corrected chi connectivity index (χ2v) is 29.5. The summed E-state index contributed by atoms with van der Waals surface area (Å²) in [7, 11) is 0. The van der Waals surface area contributed by atoms with Gasteiger partial charge in [0.15, 0.2) is 0 Å². The van der Waals surface area contributed by atoms with E-state index in [0.717, 1.165) is 54.7 Å². The fraction of sp³-hybridized carbons (Fsp3) is 0.417. The quantitative estimate of drug-likeness (QED) is 0.160. The first-order chi connectivity index (χ1) is 36.0. The molecule has 1 aromatic heterocycles. The SMILES string of the molecule is CC(C)(C)c1cc(N2c3cc(C(C)(C)C)ccc3B3c4oc5cc6c(cc5c4N(c4ccc5c(c4)C(C)(C)CCC5(C)C)c4cc(N(C5=CCCC=C5)c5ccccc5)cc2c43)C(C)(C)CCC6(C)C)cc(C(C)(C)C)c1. The van der Waals surface area contributed by atoms with Crippen molar-refractivity contribution >= 4 is 79.8 Å². The highest BCUT2D eigenvalue weighted by Crippen LogP contribution is 2.55. The Morgan fingerprint density at radius 1 is 0.494 bits per heavy atom. The molecule has 0 saturated carbocycles. The van der Waals surface area contributed by atoms with Crippen LogP contribution in [0.15, 0.2) is 138 Å². The second-order valence-electron chi connectivity index (χ2n) is 29.5. The van der Waals surface area contributed by atoms with Gasteiger partial charge in [-0.1, -0.05) is 172 Å². The van der Waals surface area contributed by atoms with E-state index in [4.69, 9.17) is 4.42 Å². The van der Waals surface area contributed by atoms with E-state index in [1.54, 1.807) is 0 Å². The van der Waals surface area contributed by atoms with Crippen molar-refractivity contribution in [3.63, 3.8) is 0 Å². The fourth-order valence-corrected chi connectivity index (χ4v) is 13.8. The highest BCUT2D eigenvalue weighted by Gasteiger charge is 2.49. The molecule has 0 saturated heterocycles. The summed E-state index contributed by atoms with van der Waals surface area (Å²) in [6, 6.07) is 43.6. The molecule has 4 nitrogen and oxygen atoms in total. The molecule has 3 aliphatic carbocycles. The summed E-state index contributed by atoms with van der Waals surface area (Å²) in [4.78, 5) is 7.85. The van der Waals surface area contributed by atoms with Crippen LogP contribution in [0.2, 0.25) is 0 Å². The predicted octanol–water partition coefficient (Wildman–Crippen LogP) is 18.5. The molecular weight excluding hydrogens is 934 g/mol. The lowest BCUT2D eigenvalue weighted by atomic mass is 9.35. The van der Waals surface area contributed by atoms with Gasteiger partial charge in [-0.3, -0.25) is 0 Å². The maximum absolute atomic E-state index is 7.78. The number of furan rings is 1. The molecule has 0 N–H and O–H groups in total. The normalized spacial score (nSPS) is 18.8. The van der Waals surface area contributed by atoms with Gasteiger partial charge in [0.05, 0.1) is 17.0 Å². The largest absolute Gasteiger partial charge is 0.468 e. The summed E-state index contributed by atoms with van der Waals surface area (Å²) in [6.45, 7) is 40.7. The molecule has 5 heteroatoms. The number of para-hydroxylation sites is 1. The summed E-state index contributed by atoms with van der Waals surface area (Å²) in [5.74, 6) is 0. The fourth-order valence-electron chi connectivity index (χ4n) is 13.8. The van der Waals surface area contributed by atoms with Gasteiger partial charge in [0.2, 0.25) is 0 Å². The standard InChI is InChI=1S/C72H84BN3O/c1-66(2,3)45-28-31-58-59(39-45)75(51-37-46(67(4,5)6)36-47(38-51)68(7,8)9)60-41-52(74(48-24-20-18-21-25-48)49-26-22-19-23-27-49)42-61-63(60)73(58)65-64(53-43-56-57(44-62(53)77-65)72(16,17)35-34-71(56,14)15)76(61)50-29-30-54-55(40-50)70(12,13)33-32-69(54,10)11/h18,20-22,24-31,36-44H,19,23,32-35H2,1-17H3. The smallest absolute Gasteiger partial charge is 0.297 e. The third-order valence-corrected chi connectivity index (χ3v) is 19.0. The van der Waals surface area contributed by atoms with Gasteiger partial charge >= 0.3 is 0 Å². The Labute approximate surface area is 462 Å². The molecule has 5 aliphatic rings. The lowest BCUT2D eigenvalue weighted by Gasteiger charge is -2.45. The molecule has 0 amide bonds. The van der Waals surface area contributed by atoms with E-state index >= 15 is 0 Å². The Kier molecular flexibility index (Phi) is 11.5. The zero-order valence-electron chi connectivity index (χ0n) is 49.7. The van der Waals surface area contributed by atoms with Gasteiger partial charge < -0.3 is 19.1 Å². The van der Waals surface area contributed by atoms with E-state index < -0.39 is 0 Å². The third-order valence-electron chi connectivity index (χ3n) is 19.0. The van der Waals surface area contributed by atoms with Gasteiger partial charge in [0.25, 0.3) is 6.71 Å². The number of benzene rings is 6. The highest BCUT2D eigenvalue weighted by atomic mass is 16.3. The molecule has 0 fully saturated rings. The minimum atomic E-state index is -0.189. The topological polar surface area (TPSA) is 22.9 Å². The van der Waals surface area contributed by atoms with Gasteiger partial charge in [-0.15, -0.1) is 0 Å². The first kappa shape index (κ1) is 51.6. The first-order valence-corrected chi connectivity index (χ1v) is 29.1. The highest BCUT2D eigenvalue weighted by molar-refractivity contribution is 7.00. The van der Waals surface area contributed by atoms with Crippen LogP contribution in [-0.4, -0.2) is 6.71 Å². The summed E-state index contributed by atoms with van der Waals surface area (Å²) in [5.41, 5.74) is 24.7. The van der Waals surface area contributed by atoms with E-state index in [-0.39, 0.29) is 44.6 Å². The van der Waals surface area contributed by atoms with Crippen molar-refractivity contribution in [2.24, 2.45) is 0 Å². The van der Waals surface area contributed by atoms with E-state index in [0.29, 0.717) is 0 Å². The lowest BCUT2D eigenvalue weighted by Crippen LogP contribution is -2.61. The molecule has 0 spiro atoms. The van der Waals surface area contributed by atoms with Gasteiger partial charge in [0, 0.05) is 45.2 Å². The Bertz CT molecular complexity index is 3580. The number of allylic oxidation sites excluding steroid dienone is 3. The number of hydrogen-bond acceptors (Lipinski definition) is 4. The molecule has 396 valence electrons. The molecule has 6 aromatic carbocycles. The van der Waals surface area contributed by atoms with Crippen molar-refractivity contribution < 1.29 is 4.42 Å². The zero-order valence-corrected chi connectivity index (χ0v) is 49.7. The average Bonchev–Trinajstić information content (AvgIpc) is 3.95. The molecule has 3 heterocycles. The summed E-state index contributed by atoms with van der Waals surface area (Å²) in [6.07, 6.45) is 13.8. The second kappa shape index (κ2) is 17.2. The van der Waals surface area contributed by atoms with Crippen LogP contribution in [0.1, 0.15) is 195 Å². The van der Waals surface area contributed by atoms with E-state index in [2.05, 4.69) is 260 Å². The number of rotatable bonds is 5. The van der Waals surface area contributed by atoms with Crippen molar-refractivity contribution in [2.45, 2.75) is 194 Å². The van der Waals surface area contributed by atoms with Crippen molar-refractivity contribution in [3.8, 4) is 0 Å². The van der Waals surface area contributed by atoms with Crippen LogP contribution in [0, 0.1) is 0 Å². The van der Waals surface area contributed by atoms with Gasteiger partial charge in [-0.25, -0.2) is 0 Å². The molecule has 12 rings (SSSR count). The molecule has 77 heavy (non-hydrogen) atoms.